The zero-order valence-electron chi connectivity index (χ0n) is 40.3. The van der Waals surface area contributed by atoms with Crippen LogP contribution in [0.2, 0.25) is 0 Å². The van der Waals surface area contributed by atoms with Crippen molar-refractivity contribution in [3.05, 3.63) is 270 Å². The van der Waals surface area contributed by atoms with Crippen LogP contribution in [0.5, 0.6) is 11.5 Å². The zero-order chi connectivity index (χ0) is 48.2. The van der Waals surface area contributed by atoms with Crippen LogP contribution in [0.25, 0.3) is 86.9 Å². The van der Waals surface area contributed by atoms with Crippen LogP contribution in [0.4, 0.5) is 17.1 Å². The monoisotopic (exact) mass is 947 g/mol. The van der Waals surface area contributed by atoms with E-state index >= 15 is 0 Å². The number of ether oxygens (including phenoxy) is 1. The molecule has 0 saturated carbocycles. The molecule has 342 valence electrons. The molecule has 1 atom stereocenters. The third-order valence-electron chi connectivity index (χ3n) is 16.7. The van der Waals surface area contributed by atoms with Crippen LogP contribution in [-0.4, -0.2) is 0 Å². The molecule has 1 aromatic heterocycles. The van der Waals surface area contributed by atoms with Crippen molar-refractivity contribution >= 4 is 48.6 Å². The summed E-state index contributed by atoms with van der Waals surface area (Å²) in [5.41, 5.74) is 24.9. The fourth-order valence-corrected chi connectivity index (χ4v) is 14.6. The highest BCUT2D eigenvalue weighted by atomic mass is 32.1. The molecule has 1 unspecified atom stereocenters. The van der Waals surface area contributed by atoms with Crippen molar-refractivity contribution in [2.45, 2.75) is 24.7 Å². The standard InChI is InChI=1S/C70H45NOS/c1-69(2)59-26-12-7-22-50(59)53-35-32-43(38-62(53)69)71(42-33-36-66-57(37-42)48-20-6-5-19-47(48)54-24-10-15-29-65(54)72-66)44-31-34-52-46-18-4-3-17-45(46)49-21-8-13-27-60(49)70(63(52)39-44)61-28-14-9-23-51(61)56-40-58-55-25-11-16-30-67(55)73-68(58)41-64(56)70/h3-41H,1-2H3. The number of hydrogen-bond acceptors (Lipinski definition) is 3. The maximum Gasteiger partial charge on any atom is 0.135 e. The summed E-state index contributed by atoms with van der Waals surface area (Å²) in [6.45, 7) is 4.76. The van der Waals surface area contributed by atoms with Crippen molar-refractivity contribution in [1.29, 1.82) is 0 Å². The molecule has 0 N–H and O–H groups in total. The lowest BCUT2D eigenvalue weighted by molar-refractivity contribution is 0.488. The van der Waals surface area contributed by atoms with Gasteiger partial charge in [0, 0.05) is 53.8 Å². The zero-order valence-corrected chi connectivity index (χ0v) is 41.1. The lowest BCUT2D eigenvalue weighted by Crippen LogP contribution is -2.29. The lowest BCUT2D eigenvalue weighted by atomic mass is 9.65. The van der Waals surface area contributed by atoms with Gasteiger partial charge in [-0.05, 0) is 156 Å². The minimum absolute atomic E-state index is 0.194. The topological polar surface area (TPSA) is 12.5 Å². The normalized spacial score (nSPS) is 15.5. The number of hydrogen-bond donors (Lipinski definition) is 0. The Labute approximate surface area is 428 Å². The van der Waals surface area contributed by atoms with E-state index in [1.807, 2.05) is 11.3 Å². The van der Waals surface area contributed by atoms with E-state index in [0.29, 0.717) is 0 Å². The Morgan fingerprint density at radius 1 is 0.301 bits per heavy atom. The molecular weight excluding hydrogens is 903 g/mol. The quantitative estimate of drug-likeness (QED) is 0.175. The summed E-state index contributed by atoms with van der Waals surface area (Å²) in [4.78, 5) is 2.51. The van der Waals surface area contributed by atoms with Crippen molar-refractivity contribution in [2.24, 2.45) is 0 Å². The third-order valence-corrected chi connectivity index (χ3v) is 17.8. The Balaban J connectivity index is 1.01. The maximum absolute atomic E-state index is 6.87. The fraction of sp³-hybridized carbons (Fsp3) is 0.0571. The van der Waals surface area contributed by atoms with E-state index in [1.165, 1.54) is 98.1 Å². The molecule has 1 spiro atoms. The Morgan fingerprint density at radius 2 is 0.753 bits per heavy atom. The first-order chi connectivity index (χ1) is 35.9. The second-order valence-electron chi connectivity index (χ2n) is 20.7. The molecule has 4 aliphatic rings. The first-order valence-electron chi connectivity index (χ1n) is 25.4. The highest BCUT2D eigenvalue weighted by molar-refractivity contribution is 7.25. The van der Waals surface area contributed by atoms with Gasteiger partial charge >= 0.3 is 0 Å². The van der Waals surface area contributed by atoms with E-state index in [0.717, 1.165) is 50.8 Å². The van der Waals surface area contributed by atoms with E-state index in [1.54, 1.807) is 0 Å². The molecule has 0 amide bonds. The Bertz CT molecular complexity index is 4360. The Morgan fingerprint density at radius 3 is 1.45 bits per heavy atom. The molecule has 0 fully saturated rings. The van der Waals surface area contributed by atoms with Gasteiger partial charge in [0.1, 0.15) is 11.5 Å². The molecule has 0 radical (unpaired) electrons. The first kappa shape index (κ1) is 40.9. The number of anilines is 3. The summed E-state index contributed by atoms with van der Waals surface area (Å²) in [7, 11) is 0. The molecule has 12 aromatic rings. The van der Waals surface area contributed by atoms with Crippen LogP contribution in [0.1, 0.15) is 47.2 Å². The molecule has 1 aliphatic heterocycles. The Kier molecular flexibility index (Phi) is 8.35. The van der Waals surface area contributed by atoms with Crippen LogP contribution in [0.3, 0.4) is 0 Å². The molecule has 73 heavy (non-hydrogen) atoms. The van der Waals surface area contributed by atoms with Gasteiger partial charge < -0.3 is 9.64 Å². The van der Waals surface area contributed by atoms with Crippen LogP contribution in [0.15, 0.2) is 237 Å². The molecule has 0 saturated heterocycles. The largest absolute Gasteiger partial charge is 0.456 e. The summed E-state index contributed by atoms with van der Waals surface area (Å²) in [5, 5.41) is 2.63. The first-order valence-corrected chi connectivity index (χ1v) is 26.2. The molecule has 2 nitrogen and oxygen atoms in total. The van der Waals surface area contributed by atoms with Crippen molar-refractivity contribution in [2.75, 3.05) is 4.90 Å². The van der Waals surface area contributed by atoms with Crippen LogP contribution in [0, 0.1) is 0 Å². The van der Waals surface area contributed by atoms with Gasteiger partial charge in [-0.3, -0.25) is 0 Å². The van der Waals surface area contributed by atoms with Crippen LogP contribution < -0.4 is 9.64 Å². The SMILES string of the molecule is CC1(C)c2ccccc2-c2ccc(N(c3ccc4c(c3)-c3ccccc3-c3ccccc3O4)c3ccc4c(c3)C3(c5ccccc5-c5ccccc5-4)c4ccccc4-c4cc5c(cc43)sc3ccccc35)cc21. The highest BCUT2D eigenvalue weighted by Crippen LogP contribution is 2.63. The van der Waals surface area contributed by atoms with Gasteiger partial charge in [0.25, 0.3) is 0 Å². The number of rotatable bonds is 3. The van der Waals surface area contributed by atoms with Gasteiger partial charge in [-0.2, -0.15) is 0 Å². The van der Waals surface area contributed by atoms with E-state index in [-0.39, 0.29) is 5.41 Å². The van der Waals surface area contributed by atoms with Gasteiger partial charge in [-0.1, -0.05) is 184 Å². The number of benzene rings is 11. The van der Waals surface area contributed by atoms with Crippen LogP contribution >= 0.6 is 11.3 Å². The molecule has 3 aliphatic carbocycles. The maximum atomic E-state index is 6.87. The summed E-state index contributed by atoms with van der Waals surface area (Å²) < 4.78 is 9.49. The van der Waals surface area contributed by atoms with E-state index in [4.69, 9.17) is 4.74 Å². The average Bonchev–Trinajstić information content (AvgIpc) is 3.99. The second kappa shape index (κ2) is 14.9. The van der Waals surface area contributed by atoms with Gasteiger partial charge in [0.2, 0.25) is 0 Å². The average molecular weight is 948 g/mol. The molecule has 0 bridgehead atoms. The number of thiophene rings is 1. The van der Waals surface area contributed by atoms with Crippen molar-refractivity contribution in [3.8, 4) is 78.3 Å². The lowest BCUT2D eigenvalue weighted by Gasteiger charge is -2.36. The van der Waals surface area contributed by atoms with Gasteiger partial charge in [0.05, 0.1) is 5.41 Å². The number of para-hydroxylation sites is 1. The predicted octanol–water partition coefficient (Wildman–Crippen LogP) is 19.3. The smallest absolute Gasteiger partial charge is 0.135 e. The number of fused-ring (bicyclic) bond motifs is 23. The summed E-state index contributed by atoms with van der Waals surface area (Å²) in [6, 6.07) is 88.9. The van der Waals surface area contributed by atoms with E-state index in [9.17, 15) is 0 Å². The molecular formula is C70H45NOS. The van der Waals surface area contributed by atoms with Crippen LogP contribution in [-0.2, 0) is 10.8 Å². The number of nitrogens with zero attached hydrogens (tertiary/aromatic N) is 1. The molecule has 2 heterocycles. The highest BCUT2D eigenvalue weighted by Gasteiger charge is 2.50. The van der Waals surface area contributed by atoms with Gasteiger partial charge in [0.15, 0.2) is 0 Å². The summed E-state index contributed by atoms with van der Waals surface area (Å²) in [5.74, 6) is 1.70. The van der Waals surface area contributed by atoms with Crippen molar-refractivity contribution in [1.82, 2.24) is 0 Å². The minimum Gasteiger partial charge on any atom is -0.456 e. The van der Waals surface area contributed by atoms with Crippen molar-refractivity contribution < 1.29 is 4.74 Å². The summed E-state index contributed by atoms with van der Waals surface area (Å²) in [6.07, 6.45) is 0. The third kappa shape index (κ3) is 5.52. The van der Waals surface area contributed by atoms with E-state index < -0.39 is 5.41 Å². The summed E-state index contributed by atoms with van der Waals surface area (Å²) >= 11 is 1.90. The molecule has 3 heteroatoms. The molecule has 11 aromatic carbocycles. The van der Waals surface area contributed by atoms with E-state index in [2.05, 4.69) is 255 Å². The fourth-order valence-electron chi connectivity index (χ4n) is 13.5. The predicted molar refractivity (Wildman–Crippen MR) is 304 cm³/mol. The van der Waals surface area contributed by atoms with Crippen molar-refractivity contribution in [3.63, 3.8) is 0 Å². The van der Waals surface area contributed by atoms with Gasteiger partial charge in [-0.15, -0.1) is 11.3 Å². The van der Waals surface area contributed by atoms with Gasteiger partial charge in [-0.25, -0.2) is 0 Å². The Hall–Kier alpha value is -8.76. The minimum atomic E-state index is -0.670. The second-order valence-corrected chi connectivity index (χ2v) is 21.8. The molecule has 16 rings (SSSR count).